The Labute approximate surface area is 101 Å². The molecule has 1 fully saturated rings. The molecule has 0 aliphatic carbocycles. The van der Waals surface area contributed by atoms with Gasteiger partial charge in [0.2, 0.25) is 0 Å². The monoisotopic (exact) mass is 231 g/mol. The molecule has 1 aromatic carbocycles. The highest BCUT2D eigenvalue weighted by Crippen LogP contribution is 2.16. The van der Waals surface area contributed by atoms with Crippen LogP contribution in [0, 0.1) is 13.8 Å². The first kappa shape index (κ1) is 11.8. The van der Waals surface area contributed by atoms with Crippen LogP contribution in [0.1, 0.15) is 34.3 Å². The maximum atomic E-state index is 12.3. The Morgan fingerprint density at radius 3 is 2.76 bits per heavy atom. The Kier molecular flexibility index (Phi) is 3.27. The van der Waals surface area contributed by atoms with Crippen LogP contribution in [0.2, 0.25) is 0 Å². The van der Waals surface area contributed by atoms with Gasteiger partial charge in [0.25, 0.3) is 5.91 Å². The van der Waals surface area contributed by atoms with E-state index < -0.39 is 0 Å². The van der Waals surface area contributed by atoms with Crippen LogP contribution in [0.3, 0.4) is 0 Å². The van der Waals surface area contributed by atoms with E-state index in [0.717, 1.165) is 23.1 Å². The molecule has 0 unspecified atom stereocenters. The predicted molar refractivity (Wildman–Crippen MR) is 66.1 cm³/mol. The molecule has 2 rings (SSSR count). The van der Waals surface area contributed by atoms with Gasteiger partial charge >= 0.3 is 0 Å². The van der Waals surface area contributed by atoms with Crippen molar-refractivity contribution in [2.75, 3.05) is 13.1 Å². The molecule has 90 valence electrons. The Morgan fingerprint density at radius 1 is 1.29 bits per heavy atom. The lowest BCUT2D eigenvalue weighted by molar-refractivity contribution is -0.121. The maximum absolute atomic E-state index is 12.3. The highest BCUT2D eigenvalue weighted by atomic mass is 16.2. The van der Waals surface area contributed by atoms with Gasteiger partial charge in [-0.1, -0.05) is 17.7 Å². The van der Waals surface area contributed by atoms with Crippen molar-refractivity contribution in [3.05, 3.63) is 34.9 Å². The van der Waals surface area contributed by atoms with E-state index in [0.29, 0.717) is 13.0 Å². The van der Waals surface area contributed by atoms with Gasteiger partial charge in [-0.2, -0.15) is 0 Å². The molecule has 3 heteroatoms. The maximum Gasteiger partial charge on any atom is 0.254 e. The van der Waals surface area contributed by atoms with E-state index in [-0.39, 0.29) is 18.2 Å². The van der Waals surface area contributed by atoms with Crippen LogP contribution in [-0.2, 0) is 4.79 Å². The minimum absolute atomic E-state index is 0.0146. The lowest BCUT2D eigenvalue weighted by Gasteiger charge is -2.26. The number of ketones is 1. The van der Waals surface area contributed by atoms with Gasteiger partial charge in [-0.3, -0.25) is 9.59 Å². The standard InChI is InChI=1S/C14H17NO2/c1-10-5-6-11(2)13(8-10)14(17)15-7-3-4-12(16)9-15/h5-6,8H,3-4,7,9H2,1-2H3. The fourth-order valence-corrected chi connectivity index (χ4v) is 2.15. The molecule has 0 aromatic heterocycles. The molecule has 0 bridgehead atoms. The Bertz CT molecular complexity index is 465. The van der Waals surface area contributed by atoms with Crippen molar-refractivity contribution < 1.29 is 9.59 Å². The summed E-state index contributed by atoms with van der Waals surface area (Å²) in [7, 11) is 0. The van der Waals surface area contributed by atoms with Crippen molar-refractivity contribution in [3.63, 3.8) is 0 Å². The number of nitrogens with zero attached hydrogens (tertiary/aromatic N) is 1. The molecular weight excluding hydrogens is 214 g/mol. The molecule has 1 aliphatic rings. The van der Waals surface area contributed by atoms with Gasteiger partial charge in [-0.15, -0.1) is 0 Å². The Balaban J connectivity index is 2.24. The lowest BCUT2D eigenvalue weighted by atomic mass is 10.0. The fraction of sp³-hybridized carbons (Fsp3) is 0.429. The summed E-state index contributed by atoms with van der Waals surface area (Å²) in [6.45, 7) is 4.86. The zero-order chi connectivity index (χ0) is 12.4. The molecule has 1 aliphatic heterocycles. The molecular formula is C14H17NO2. The van der Waals surface area contributed by atoms with Crippen molar-refractivity contribution in [1.29, 1.82) is 0 Å². The van der Waals surface area contributed by atoms with Crippen molar-refractivity contribution in [2.45, 2.75) is 26.7 Å². The number of hydrogen-bond acceptors (Lipinski definition) is 2. The third-order valence-corrected chi connectivity index (χ3v) is 3.16. The molecule has 0 N–H and O–H groups in total. The van der Waals surface area contributed by atoms with Gasteiger partial charge in [0.15, 0.2) is 5.78 Å². The second kappa shape index (κ2) is 4.70. The van der Waals surface area contributed by atoms with Crippen molar-refractivity contribution in [1.82, 2.24) is 4.90 Å². The Hall–Kier alpha value is -1.64. The molecule has 1 aromatic rings. The van der Waals surface area contributed by atoms with E-state index in [9.17, 15) is 9.59 Å². The number of amides is 1. The van der Waals surface area contributed by atoms with Gasteiger partial charge < -0.3 is 4.90 Å². The SMILES string of the molecule is Cc1ccc(C)c(C(=O)N2CCCC(=O)C2)c1. The van der Waals surface area contributed by atoms with Crippen LogP contribution < -0.4 is 0 Å². The van der Waals surface area contributed by atoms with Crippen LogP contribution in [0.25, 0.3) is 0 Å². The van der Waals surface area contributed by atoms with Gasteiger partial charge in [0.05, 0.1) is 6.54 Å². The number of hydrogen-bond donors (Lipinski definition) is 0. The highest BCUT2D eigenvalue weighted by Gasteiger charge is 2.23. The average Bonchev–Trinajstić information content (AvgIpc) is 2.31. The molecule has 0 radical (unpaired) electrons. The summed E-state index contributed by atoms with van der Waals surface area (Å²) in [6, 6.07) is 5.85. The molecule has 1 heterocycles. The number of benzene rings is 1. The van der Waals surface area contributed by atoms with E-state index >= 15 is 0 Å². The first-order chi connectivity index (χ1) is 8.08. The van der Waals surface area contributed by atoms with Gasteiger partial charge in [-0.05, 0) is 31.9 Å². The topological polar surface area (TPSA) is 37.4 Å². The first-order valence-corrected chi connectivity index (χ1v) is 5.96. The second-order valence-corrected chi connectivity index (χ2v) is 4.69. The van der Waals surface area contributed by atoms with Gasteiger partial charge in [0.1, 0.15) is 0 Å². The van der Waals surface area contributed by atoms with Crippen LogP contribution >= 0.6 is 0 Å². The summed E-state index contributed by atoms with van der Waals surface area (Å²) in [5.74, 6) is 0.147. The van der Waals surface area contributed by atoms with Crippen LogP contribution in [-0.4, -0.2) is 29.7 Å². The lowest BCUT2D eigenvalue weighted by Crippen LogP contribution is -2.40. The summed E-state index contributed by atoms with van der Waals surface area (Å²) < 4.78 is 0. The fourth-order valence-electron chi connectivity index (χ4n) is 2.15. The predicted octanol–water partition coefficient (Wildman–Crippen LogP) is 2.11. The van der Waals surface area contributed by atoms with Crippen molar-refractivity contribution in [3.8, 4) is 0 Å². The average molecular weight is 231 g/mol. The van der Waals surface area contributed by atoms with Gasteiger partial charge in [-0.25, -0.2) is 0 Å². The number of carbonyl (C=O) groups is 2. The van der Waals surface area contributed by atoms with E-state index in [1.807, 2.05) is 32.0 Å². The molecule has 0 saturated carbocycles. The molecule has 0 spiro atoms. The zero-order valence-corrected chi connectivity index (χ0v) is 10.3. The summed E-state index contributed by atoms with van der Waals surface area (Å²) in [5, 5.41) is 0. The first-order valence-electron chi connectivity index (χ1n) is 5.96. The summed E-state index contributed by atoms with van der Waals surface area (Å²) in [4.78, 5) is 25.3. The largest absolute Gasteiger partial charge is 0.331 e. The molecule has 0 atom stereocenters. The quantitative estimate of drug-likeness (QED) is 0.742. The number of piperidine rings is 1. The highest BCUT2D eigenvalue weighted by molar-refractivity contribution is 5.98. The van der Waals surface area contributed by atoms with E-state index in [1.165, 1.54) is 0 Å². The van der Waals surface area contributed by atoms with E-state index in [2.05, 4.69) is 0 Å². The number of likely N-dealkylation sites (tertiary alicyclic amines) is 1. The van der Waals surface area contributed by atoms with E-state index in [1.54, 1.807) is 4.90 Å². The number of carbonyl (C=O) groups excluding carboxylic acids is 2. The number of rotatable bonds is 1. The molecule has 17 heavy (non-hydrogen) atoms. The van der Waals surface area contributed by atoms with Crippen LogP contribution in [0.4, 0.5) is 0 Å². The zero-order valence-electron chi connectivity index (χ0n) is 10.3. The third kappa shape index (κ3) is 2.54. The summed E-state index contributed by atoms with van der Waals surface area (Å²) >= 11 is 0. The Morgan fingerprint density at radius 2 is 2.06 bits per heavy atom. The number of aryl methyl sites for hydroxylation is 2. The van der Waals surface area contributed by atoms with Gasteiger partial charge in [0, 0.05) is 18.5 Å². The number of Topliss-reactive ketones (excluding diaryl/α,β-unsaturated/α-hetero) is 1. The normalized spacial score (nSPS) is 16.1. The second-order valence-electron chi connectivity index (χ2n) is 4.69. The van der Waals surface area contributed by atoms with Crippen molar-refractivity contribution in [2.24, 2.45) is 0 Å². The molecule has 3 nitrogen and oxygen atoms in total. The molecule has 1 amide bonds. The van der Waals surface area contributed by atoms with E-state index in [4.69, 9.17) is 0 Å². The smallest absolute Gasteiger partial charge is 0.254 e. The summed E-state index contributed by atoms with van der Waals surface area (Å²) in [6.07, 6.45) is 1.39. The molecule has 1 saturated heterocycles. The van der Waals surface area contributed by atoms with Crippen molar-refractivity contribution >= 4 is 11.7 Å². The van der Waals surface area contributed by atoms with Crippen LogP contribution in [0.5, 0.6) is 0 Å². The minimum atomic E-state index is -0.0146. The minimum Gasteiger partial charge on any atom is -0.331 e. The summed E-state index contributed by atoms with van der Waals surface area (Å²) in [5.41, 5.74) is 2.76. The van der Waals surface area contributed by atoms with Crippen LogP contribution in [0.15, 0.2) is 18.2 Å². The third-order valence-electron chi connectivity index (χ3n) is 3.16.